The van der Waals surface area contributed by atoms with Crippen LogP contribution in [0.1, 0.15) is 41.4 Å². The van der Waals surface area contributed by atoms with Crippen molar-refractivity contribution < 1.29 is 0 Å². The Balaban J connectivity index is 1.15. The van der Waals surface area contributed by atoms with Gasteiger partial charge in [-0.05, 0) is 61.7 Å². The molecule has 4 heterocycles. The molecule has 1 fully saturated rings. The fourth-order valence-corrected chi connectivity index (χ4v) is 5.86. The molecule has 0 amide bonds. The van der Waals surface area contributed by atoms with Gasteiger partial charge in [0.2, 0.25) is 5.95 Å². The molecule has 36 heavy (non-hydrogen) atoms. The number of rotatable bonds is 6. The molecule has 0 unspecified atom stereocenters. The molecule has 1 aliphatic carbocycles. The zero-order valence-corrected chi connectivity index (χ0v) is 21.5. The Bertz CT molecular complexity index is 1340. The molecule has 0 spiro atoms. The molecule has 0 saturated carbocycles. The molecule has 1 atom stereocenters. The number of halogens is 1. The normalized spacial score (nSPS) is 18.6. The van der Waals surface area contributed by atoms with Crippen LogP contribution < -0.4 is 4.90 Å². The molecular formula is C28H32ClN7. The zero-order valence-electron chi connectivity index (χ0n) is 20.7. The van der Waals surface area contributed by atoms with Crippen molar-refractivity contribution in [1.29, 1.82) is 0 Å². The number of hydrogen-bond acceptors (Lipinski definition) is 6. The number of aryl methyl sites for hydroxylation is 1. The summed E-state index contributed by atoms with van der Waals surface area (Å²) >= 11 is 6.17. The first-order chi connectivity index (χ1) is 17.6. The lowest BCUT2D eigenvalue weighted by Crippen LogP contribution is -2.46. The van der Waals surface area contributed by atoms with Crippen LogP contribution in [0.3, 0.4) is 0 Å². The second-order valence-corrected chi connectivity index (χ2v) is 10.4. The van der Waals surface area contributed by atoms with Crippen LogP contribution in [0.4, 0.5) is 5.95 Å². The van der Waals surface area contributed by atoms with Gasteiger partial charge in [-0.15, -0.1) is 0 Å². The number of imidazole rings is 1. The van der Waals surface area contributed by atoms with Gasteiger partial charge in [-0.25, -0.2) is 9.97 Å². The lowest BCUT2D eigenvalue weighted by Gasteiger charge is -2.35. The Morgan fingerprint density at radius 2 is 1.92 bits per heavy atom. The molecule has 0 bridgehead atoms. The van der Waals surface area contributed by atoms with E-state index in [4.69, 9.17) is 26.6 Å². The molecule has 8 heteroatoms. The topological polar surface area (TPSA) is 52.8 Å². The lowest BCUT2D eigenvalue weighted by atomic mass is 9.91. The van der Waals surface area contributed by atoms with Gasteiger partial charge in [0.1, 0.15) is 5.65 Å². The number of pyridine rings is 1. The Labute approximate surface area is 217 Å². The fourth-order valence-electron chi connectivity index (χ4n) is 5.64. The van der Waals surface area contributed by atoms with Gasteiger partial charge in [0.25, 0.3) is 0 Å². The van der Waals surface area contributed by atoms with E-state index in [1.54, 1.807) is 0 Å². The molecule has 1 aliphatic heterocycles. The van der Waals surface area contributed by atoms with E-state index in [9.17, 15) is 0 Å². The largest absolute Gasteiger partial charge is 0.339 e. The number of anilines is 1. The first kappa shape index (κ1) is 23.4. The number of benzene rings is 1. The van der Waals surface area contributed by atoms with Gasteiger partial charge >= 0.3 is 0 Å². The Kier molecular flexibility index (Phi) is 6.61. The molecule has 1 aromatic carbocycles. The van der Waals surface area contributed by atoms with E-state index in [-0.39, 0.29) is 0 Å². The summed E-state index contributed by atoms with van der Waals surface area (Å²) in [6.07, 6.45) is 9.43. The van der Waals surface area contributed by atoms with E-state index in [2.05, 4.69) is 56.6 Å². The van der Waals surface area contributed by atoms with Crippen molar-refractivity contribution in [2.24, 2.45) is 0 Å². The minimum absolute atomic E-state index is 0.338. The van der Waals surface area contributed by atoms with E-state index in [0.29, 0.717) is 6.04 Å². The number of aromatic nitrogens is 4. The maximum Gasteiger partial charge on any atom is 0.211 e. The van der Waals surface area contributed by atoms with E-state index >= 15 is 0 Å². The van der Waals surface area contributed by atoms with Crippen LogP contribution in [0.25, 0.3) is 5.65 Å². The number of hydrogen-bond donors (Lipinski definition) is 0. The fraction of sp³-hybridized carbons (Fsp3) is 0.393. The molecule has 6 rings (SSSR count). The van der Waals surface area contributed by atoms with Crippen LogP contribution in [0.2, 0.25) is 5.02 Å². The SMILES string of the molecule is CN(Cc1cn2c(N3CCN(Cc4cccc(Cl)c4)CC3)nccc2n1)[C@H]1CCCc2cccnc21. The standard InChI is InChI=1S/C28H32ClN7/c1-33(25-9-3-6-22-7-4-11-30-27(22)25)19-24-20-36-26(32-24)10-12-31-28(36)35-15-13-34(14-16-35)18-21-5-2-8-23(29)17-21/h2,4-5,7-8,10-12,17,20,25H,3,6,9,13-16,18-19H2,1H3/t25-/m0/s1. The highest BCUT2D eigenvalue weighted by atomic mass is 35.5. The van der Waals surface area contributed by atoms with Crippen molar-refractivity contribution in [2.75, 3.05) is 38.1 Å². The predicted octanol–water partition coefficient (Wildman–Crippen LogP) is 4.61. The minimum Gasteiger partial charge on any atom is -0.339 e. The Hall–Kier alpha value is -3.00. The maximum atomic E-state index is 6.17. The molecule has 0 N–H and O–H groups in total. The first-order valence-electron chi connectivity index (χ1n) is 12.8. The van der Waals surface area contributed by atoms with Crippen LogP contribution in [-0.2, 0) is 19.5 Å². The third kappa shape index (κ3) is 4.83. The van der Waals surface area contributed by atoms with Gasteiger partial charge in [-0.3, -0.25) is 19.2 Å². The molecule has 1 saturated heterocycles. The third-order valence-electron chi connectivity index (χ3n) is 7.47. The van der Waals surface area contributed by atoms with Crippen LogP contribution in [-0.4, -0.2) is 62.4 Å². The van der Waals surface area contributed by atoms with Gasteiger partial charge in [0.15, 0.2) is 0 Å². The van der Waals surface area contributed by atoms with Gasteiger partial charge in [-0.1, -0.05) is 29.8 Å². The molecule has 0 radical (unpaired) electrons. The second-order valence-electron chi connectivity index (χ2n) is 9.97. The second kappa shape index (κ2) is 10.2. The summed E-state index contributed by atoms with van der Waals surface area (Å²) < 4.78 is 2.16. The lowest BCUT2D eigenvalue weighted by molar-refractivity contribution is 0.206. The van der Waals surface area contributed by atoms with E-state index in [0.717, 1.165) is 74.4 Å². The third-order valence-corrected chi connectivity index (χ3v) is 7.71. The Morgan fingerprint density at radius 3 is 2.78 bits per heavy atom. The number of piperazine rings is 1. The van der Waals surface area contributed by atoms with Gasteiger partial charge < -0.3 is 4.90 Å². The molecule has 2 aliphatic rings. The minimum atomic E-state index is 0.338. The summed E-state index contributed by atoms with van der Waals surface area (Å²) in [4.78, 5) is 21.7. The summed E-state index contributed by atoms with van der Waals surface area (Å²) in [7, 11) is 2.19. The molecule has 186 valence electrons. The smallest absolute Gasteiger partial charge is 0.211 e. The zero-order chi connectivity index (χ0) is 24.5. The van der Waals surface area contributed by atoms with Crippen molar-refractivity contribution in [3.63, 3.8) is 0 Å². The predicted molar refractivity (Wildman–Crippen MR) is 143 cm³/mol. The number of nitrogens with zero attached hydrogens (tertiary/aromatic N) is 7. The molecular weight excluding hydrogens is 470 g/mol. The summed E-state index contributed by atoms with van der Waals surface area (Å²) in [5, 5.41) is 0.799. The highest BCUT2D eigenvalue weighted by Crippen LogP contribution is 2.32. The van der Waals surface area contributed by atoms with Gasteiger partial charge in [-0.2, -0.15) is 0 Å². The van der Waals surface area contributed by atoms with Crippen LogP contribution in [0, 0.1) is 0 Å². The van der Waals surface area contributed by atoms with Crippen molar-refractivity contribution in [1.82, 2.24) is 29.2 Å². The first-order valence-corrected chi connectivity index (χ1v) is 13.2. The number of fused-ring (bicyclic) bond motifs is 2. The monoisotopic (exact) mass is 501 g/mol. The van der Waals surface area contributed by atoms with Crippen LogP contribution in [0.5, 0.6) is 0 Å². The highest BCUT2D eigenvalue weighted by Gasteiger charge is 2.26. The average molecular weight is 502 g/mol. The van der Waals surface area contributed by atoms with Crippen molar-refractivity contribution >= 4 is 23.2 Å². The van der Waals surface area contributed by atoms with Crippen molar-refractivity contribution in [2.45, 2.75) is 38.4 Å². The maximum absolute atomic E-state index is 6.17. The van der Waals surface area contributed by atoms with Crippen molar-refractivity contribution in [3.8, 4) is 0 Å². The van der Waals surface area contributed by atoms with Crippen LogP contribution >= 0.6 is 11.6 Å². The van der Waals surface area contributed by atoms with E-state index < -0.39 is 0 Å². The summed E-state index contributed by atoms with van der Waals surface area (Å²) in [5.41, 5.74) is 5.89. The van der Waals surface area contributed by atoms with Gasteiger partial charge in [0, 0.05) is 62.9 Å². The molecule has 4 aromatic rings. The molecule has 7 nitrogen and oxygen atoms in total. The van der Waals surface area contributed by atoms with Gasteiger partial charge in [0.05, 0.1) is 17.4 Å². The quantitative estimate of drug-likeness (QED) is 0.384. The average Bonchev–Trinajstić information content (AvgIpc) is 3.31. The Morgan fingerprint density at radius 1 is 1.03 bits per heavy atom. The molecule has 3 aromatic heterocycles. The highest BCUT2D eigenvalue weighted by molar-refractivity contribution is 6.30. The van der Waals surface area contributed by atoms with E-state index in [1.807, 2.05) is 30.6 Å². The van der Waals surface area contributed by atoms with E-state index in [1.165, 1.54) is 23.2 Å². The summed E-state index contributed by atoms with van der Waals surface area (Å²) in [5.74, 6) is 0.973. The van der Waals surface area contributed by atoms with Crippen molar-refractivity contribution in [3.05, 3.63) is 88.6 Å². The van der Waals surface area contributed by atoms with Crippen LogP contribution in [0.15, 0.2) is 61.1 Å². The summed E-state index contributed by atoms with van der Waals surface area (Å²) in [6, 6.07) is 14.8. The summed E-state index contributed by atoms with van der Waals surface area (Å²) in [6.45, 7) is 5.56.